The van der Waals surface area contributed by atoms with Gasteiger partial charge in [0.1, 0.15) is 22.3 Å². The third-order valence-electron chi connectivity index (χ3n) is 3.91. The van der Waals surface area contributed by atoms with Crippen molar-refractivity contribution in [1.82, 2.24) is 4.98 Å². The standard InChI is InChI=1S/C18H14F2N2O4S2/c1-26-14-4-2-12(3-5-14)8-22(18-10-27-11-21-18)28(24,25)17-6-13(9-23)15(19)7-16(17)20/h2-7,9-11H,8H2,1H3. The second-order valence-electron chi connectivity index (χ2n) is 5.63. The van der Waals surface area contributed by atoms with E-state index in [-0.39, 0.29) is 18.6 Å². The zero-order valence-corrected chi connectivity index (χ0v) is 16.1. The van der Waals surface area contributed by atoms with Gasteiger partial charge in [0.05, 0.1) is 24.7 Å². The van der Waals surface area contributed by atoms with E-state index in [0.717, 1.165) is 15.6 Å². The average molecular weight is 424 g/mol. The van der Waals surface area contributed by atoms with Gasteiger partial charge in [-0.3, -0.25) is 4.79 Å². The highest BCUT2D eigenvalue weighted by atomic mass is 32.2. The number of thiazole rings is 1. The molecular formula is C18H14F2N2O4S2. The van der Waals surface area contributed by atoms with E-state index in [1.54, 1.807) is 24.3 Å². The first-order valence-electron chi connectivity index (χ1n) is 7.85. The van der Waals surface area contributed by atoms with E-state index < -0.39 is 32.1 Å². The van der Waals surface area contributed by atoms with Crippen LogP contribution in [0.3, 0.4) is 0 Å². The van der Waals surface area contributed by atoms with Crippen LogP contribution in [0.5, 0.6) is 5.75 Å². The van der Waals surface area contributed by atoms with Crippen LogP contribution in [-0.2, 0) is 16.6 Å². The predicted molar refractivity (Wildman–Crippen MR) is 100 cm³/mol. The zero-order valence-electron chi connectivity index (χ0n) is 14.5. The molecule has 0 unspecified atom stereocenters. The van der Waals surface area contributed by atoms with Crippen molar-refractivity contribution in [2.45, 2.75) is 11.4 Å². The lowest BCUT2D eigenvalue weighted by atomic mass is 10.2. The molecule has 0 aliphatic rings. The molecule has 3 rings (SSSR count). The summed E-state index contributed by atoms with van der Waals surface area (Å²) in [5, 5.41) is 1.49. The lowest BCUT2D eigenvalue weighted by Crippen LogP contribution is -2.31. The van der Waals surface area contributed by atoms with Gasteiger partial charge in [-0.15, -0.1) is 11.3 Å². The van der Waals surface area contributed by atoms with Gasteiger partial charge in [-0.25, -0.2) is 26.5 Å². The van der Waals surface area contributed by atoms with Crippen LogP contribution < -0.4 is 9.04 Å². The fourth-order valence-corrected chi connectivity index (χ4v) is 4.56. The van der Waals surface area contributed by atoms with Crippen molar-refractivity contribution in [3.63, 3.8) is 0 Å². The molecule has 3 aromatic rings. The lowest BCUT2D eigenvalue weighted by molar-refractivity contribution is 0.111. The second kappa shape index (κ2) is 8.03. The molecule has 146 valence electrons. The third kappa shape index (κ3) is 3.87. The molecule has 1 aromatic heterocycles. The minimum atomic E-state index is -4.47. The van der Waals surface area contributed by atoms with Crippen molar-refractivity contribution in [2.24, 2.45) is 0 Å². The van der Waals surface area contributed by atoms with Gasteiger partial charge >= 0.3 is 0 Å². The Morgan fingerprint density at radius 1 is 1.18 bits per heavy atom. The van der Waals surface area contributed by atoms with E-state index in [1.807, 2.05) is 0 Å². The van der Waals surface area contributed by atoms with Gasteiger partial charge in [-0.05, 0) is 23.8 Å². The number of carbonyl (C=O) groups excluding carboxylic acids is 1. The van der Waals surface area contributed by atoms with Gasteiger partial charge in [0, 0.05) is 11.4 Å². The van der Waals surface area contributed by atoms with E-state index in [1.165, 1.54) is 18.0 Å². The molecule has 1 heterocycles. The predicted octanol–water partition coefficient (Wildman–Crippen LogP) is 3.64. The number of benzene rings is 2. The monoisotopic (exact) mass is 424 g/mol. The van der Waals surface area contributed by atoms with Crippen molar-refractivity contribution in [2.75, 3.05) is 11.4 Å². The maximum Gasteiger partial charge on any atom is 0.268 e. The topological polar surface area (TPSA) is 76.6 Å². The number of aldehydes is 1. The molecule has 0 saturated heterocycles. The molecule has 0 aliphatic carbocycles. The quantitative estimate of drug-likeness (QED) is 0.542. The van der Waals surface area contributed by atoms with Gasteiger partial charge in [0.15, 0.2) is 12.1 Å². The number of sulfonamides is 1. The average Bonchev–Trinajstić information content (AvgIpc) is 3.20. The molecule has 28 heavy (non-hydrogen) atoms. The highest BCUT2D eigenvalue weighted by Crippen LogP contribution is 2.29. The summed E-state index contributed by atoms with van der Waals surface area (Å²) in [6.45, 7) is -0.150. The Kier molecular flexibility index (Phi) is 5.71. The van der Waals surface area contributed by atoms with Crippen LogP contribution in [0.15, 0.2) is 52.2 Å². The molecule has 10 heteroatoms. The first-order chi connectivity index (χ1) is 13.4. The summed E-state index contributed by atoms with van der Waals surface area (Å²) in [6, 6.07) is 7.69. The number of aromatic nitrogens is 1. The normalized spacial score (nSPS) is 11.2. The Bertz CT molecular complexity index is 1090. The summed E-state index contributed by atoms with van der Waals surface area (Å²) >= 11 is 1.16. The molecule has 0 bridgehead atoms. The molecule has 0 amide bonds. The Balaban J connectivity index is 2.08. The van der Waals surface area contributed by atoms with Crippen LogP contribution in [0.25, 0.3) is 0 Å². The molecule has 2 aromatic carbocycles. The van der Waals surface area contributed by atoms with Crippen molar-refractivity contribution >= 4 is 33.5 Å². The first-order valence-corrected chi connectivity index (χ1v) is 10.2. The van der Waals surface area contributed by atoms with Crippen molar-refractivity contribution < 1.29 is 26.7 Å². The summed E-state index contributed by atoms with van der Waals surface area (Å²) in [6.07, 6.45) is 0.129. The highest BCUT2D eigenvalue weighted by Gasteiger charge is 2.30. The summed E-state index contributed by atoms with van der Waals surface area (Å²) in [5.41, 5.74) is 1.47. The molecule has 0 atom stereocenters. The number of hydrogen-bond donors (Lipinski definition) is 0. The Hall–Kier alpha value is -2.85. The van der Waals surface area contributed by atoms with Gasteiger partial charge in [0.2, 0.25) is 0 Å². The van der Waals surface area contributed by atoms with Crippen LogP contribution >= 0.6 is 11.3 Å². The minimum Gasteiger partial charge on any atom is -0.497 e. The van der Waals surface area contributed by atoms with Crippen LogP contribution in [0, 0.1) is 11.6 Å². The van der Waals surface area contributed by atoms with Crippen LogP contribution in [0.1, 0.15) is 15.9 Å². The lowest BCUT2D eigenvalue weighted by Gasteiger charge is -2.23. The van der Waals surface area contributed by atoms with E-state index in [4.69, 9.17) is 4.74 Å². The Labute approximate surface area is 164 Å². The van der Waals surface area contributed by atoms with Crippen LogP contribution in [0.2, 0.25) is 0 Å². The number of rotatable bonds is 7. The highest BCUT2D eigenvalue weighted by molar-refractivity contribution is 7.92. The summed E-state index contributed by atoms with van der Waals surface area (Å²) in [4.78, 5) is 14.2. The molecule has 0 fully saturated rings. The maximum atomic E-state index is 14.3. The van der Waals surface area contributed by atoms with Gasteiger partial charge in [-0.1, -0.05) is 12.1 Å². The Morgan fingerprint density at radius 2 is 1.89 bits per heavy atom. The number of carbonyl (C=O) groups is 1. The number of anilines is 1. The van der Waals surface area contributed by atoms with E-state index in [0.29, 0.717) is 23.4 Å². The number of hydrogen-bond acceptors (Lipinski definition) is 6. The van der Waals surface area contributed by atoms with Crippen molar-refractivity contribution in [1.29, 1.82) is 0 Å². The molecule has 0 aliphatic heterocycles. The largest absolute Gasteiger partial charge is 0.497 e. The van der Waals surface area contributed by atoms with Crippen LogP contribution in [0.4, 0.5) is 14.6 Å². The molecule has 0 N–H and O–H groups in total. The maximum absolute atomic E-state index is 14.3. The number of methoxy groups -OCH3 is 1. The van der Waals surface area contributed by atoms with Crippen LogP contribution in [-0.4, -0.2) is 26.8 Å². The fourth-order valence-electron chi connectivity index (χ4n) is 2.47. The van der Waals surface area contributed by atoms with Gasteiger partial charge in [0.25, 0.3) is 10.0 Å². The summed E-state index contributed by atoms with van der Waals surface area (Å²) < 4.78 is 60.2. The number of halogens is 2. The second-order valence-corrected chi connectivity index (χ2v) is 8.18. The van der Waals surface area contributed by atoms with E-state index >= 15 is 0 Å². The fraction of sp³-hybridized carbons (Fsp3) is 0.111. The zero-order chi connectivity index (χ0) is 20.3. The number of ether oxygens (including phenoxy) is 1. The number of nitrogens with zero attached hydrogens (tertiary/aromatic N) is 2. The molecule has 0 saturated carbocycles. The third-order valence-corrected chi connectivity index (χ3v) is 6.25. The Morgan fingerprint density at radius 3 is 2.46 bits per heavy atom. The SMILES string of the molecule is COc1ccc(CN(c2cscn2)S(=O)(=O)c2cc(C=O)c(F)cc2F)cc1. The van der Waals surface area contributed by atoms with Crippen molar-refractivity contribution in [3.8, 4) is 5.75 Å². The molecule has 0 spiro atoms. The molecule has 0 radical (unpaired) electrons. The first kappa shape index (κ1) is 19.9. The summed E-state index contributed by atoms with van der Waals surface area (Å²) in [5.74, 6) is -1.76. The van der Waals surface area contributed by atoms with Gasteiger partial charge < -0.3 is 4.74 Å². The van der Waals surface area contributed by atoms with Gasteiger partial charge in [-0.2, -0.15) is 0 Å². The van der Waals surface area contributed by atoms with E-state index in [2.05, 4.69) is 4.98 Å². The molecular weight excluding hydrogens is 410 g/mol. The molecule has 6 nitrogen and oxygen atoms in total. The van der Waals surface area contributed by atoms with Crippen molar-refractivity contribution in [3.05, 3.63) is 70.1 Å². The van der Waals surface area contributed by atoms with E-state index in [9.17, 15) is 22.0 Å². The minimum absolute atomic E-state index is 0.0807. The summed E-state index contributed by atoms with van der Waals surface area (Å²) in [7, 11) is -2.97. The smallest absolute Gasteiger partial charge is 0.268 e.